The first kappa shape index (κ1) is 19.2. The van der Waals surface area contributed by atoms with Crippen molar-refractivity contribution in [1.82, 2.24) is 9.80 Å². The number of imide groups is 1. The summed E-state index contributed by atoms with van der Waals surface area (Å²) in [7, 11) is 0. The summed E-state index contributed by atoms with van der Waals surface area (Å²) in [6.45, 7) is 4.84. The van der Waals surface area contributed by atoms with E-state index in [1.807, 2.05) is 36.1 Å². The van der Waals surface area contributed by atoms with E-state index >= 15 is 0 Å². The SMILES string of the molecule is CCC1CCCCN1C(=O)CC1(c2ccccc2C)CC(=O)N(C2CC2)C1=O. The van der Waals surface area contributed by atoms with Crippen molar-refractivity contribution in [3.05, 3.63) is 35.4 Å². The number of amides is 3. The Balaban J connectivity index is 1.70. The van der Waals surface area contributed by atoms with Crippen LogP contribution in [-0.4, -0.2) is 46.1 Å². The predicted molar refractivity (Wildman–Crippen MR) is 107 cm³/mol. The van der Waals surface area contributed by atoms with Crippen LogP contribution in [0, 0.1) is 6.92 Å². The van der Waals surface area contributed by atoms with Gasteiger partial charge in [-0.1, -0.05) is 31.2 Å². The van der Waals surface area contributed by atoms with Gasteiger partial charge in [0, 0.05) is 31.5 Å². The molecule has 0 aromatic heterocycles. The van der Waals surface area contributed by atoms with Crippen molar-refractivity contribution in [2.45, 2.75) is 82.7 Å². The molecule has 0 radical (unpaired) electrons. The van der Waals surface area contributed by atoms with Crippen LogP contribution >= 0.6 is 0 Å². The molecule has 28 heavy (non-hydrogen) atoms. The van der Waals surface area contributed by atoms with Gasteiger partial charge in [-0.25, -0.2) is 0 Å². The minimum atomic E-state index is -1.04. The quantitative estimate of drug-likeness (QED) is 0.734. The van der Waals surface area contributed by atoms with Gasteiger partial charge in [0.1, 0.15) is 0 Å². The second-order valence-electron chi connectivity index (χ2n) is 8.70. The van der Waals surface area contributed by atoms with Crippen molar-refractivity contribution in [2.75, 3.05) is 6.54 Å². The summed E-state index contributed by atoms with van der Waals surface area (Å²) in [6, 6.07) is 8.03. The van der Waals surface area contributed by atoms with Gasteiger partial charge >= 0.3 is 0 Å². The first-order valence-electron chi connectivity index (χ1n) is 10.7. The molecule has 4 rings (SSSR count). The molecule has 0 bridgehead atoms. The highest BCUT2D eigenvalue weighted by Crippen LogP contribution is 2.45. The lowest BCUT2D eigenvalue weighted by molar-refractivity contribution is -0.144. The smallest absolute Gasteiger partial charge is 0.241 e. The number of hydrogen-bond donors (Lipinski definition) is 0. The molecule has 2 atom stereocenters. The highest BCUT2D eigenvalue weighted by atomic mass is 16.2. The second-order valence-corrected chi connectivity index (χ2v) is 8.70. The van der Waals surface area contributed by atoms with E-state index in [9.17, 15) is 14.4 Å². The number of rotatable bonds is 5. The molecule has 5 nitrogen and oxygen atoms in total. The molecule has 150 valence electrons. The normalized spacial score (nSPS) is 28.1. The summed E-state index contributed by atoms with van der Waals surface area (Å²) in [4.78, 5) is 43.2. The zero-order chi connectivity index (χ0) is 19.9. The van der Waals surface area contributed by atoms with Gasteiger partial charge in [-0.05, 0) is 56.6 Å². The molecule has 0 N–H and O–H groups in total. The van der Waals surface area contributed by atoms with Gasteiger partial charge in [0.05, 0.1) is 5.41 Å². The van der Waals surface area contributed by atoms with Crippen LogP contribution in [0.15, 0.2) is 24.3 Å². The number of aryl methyl sites for hydroxylation is 1. The van der Waals surface area contributed by atoms with Crippen molar-refractivity contribution in [1.29, 1.82) is 0 Å². The maximum Gasteiger partial charge on any atom is 0.241 e. The van der Waals surface area contributed by atoms with Crippen molar-refractivity contribution < 1.29 is 14.4 Å². The molecule has 2 aliphatic heterocycles. The Labute approximate surface area is 167 Å². The van der Waals surface area contributed by atoms with Gasteiger partial charge in [0.15, 0.2) is 0 Å². The van der Waals surface area contributed by atoms with Gasteiger partial charge < -0.3 is 4.90 Å². The Kier molecular flexibility index (Phi) is 5.02. The average Bonchev–Trinajstić information content (AvgIpc) is 3.49. The first-order valence-corrected chi connectivity index (χ1v) is 10.7. The first-order chi connectivity index (χ1) is 13.5. The third-order valence-corrected chi connectivity index (χ3v) is 6.79. The number of hydrogen-bond acceptors (Lipinski definition) is 3. The molecule has 3 amide bonds. The van der Waals surface area contributed by atoms with E-state index in [1.165, 1.54) is 4.90 Å². The maximum atomic E-state index is 13.6. The third-order valence-electron chi connectivity index (χ3n) is 6.79. The number of carbonyl (C=O) groups excluding carboxylic acids is 3. The van der Waals surface area contributed by atoms with Crippen molar-refractivity contribution >= 4 is 17.7 Å². The molecule has 2 saturated heterocycles. The van der Waals surface area contributed by atoms with Gasteiger partial charge in [-0.3, -0.25) is 19.3 Å². The largest absolute Gasteiger partial charge is 0.340 e. The molecule has 1 aliphatic carbocycles. The van der Waals surface area contributed by atoms with Crippen LogP contribution in [0.3, 0.4) is 0 Å². The van der Waals surface area contributed by atoms with E-state index in [1.54, 1.807) is 0 Å². The topological polar surface area (TPSA) is 57.7 Å². The standard InChI is InChI=1S/C23H30N2O3/c1-3-17-9-6-7-13-24(17)20(26)14-23(19-10-5-4-8-16(19)2)15-21(27)25(22(23)28)18-11-12-18/h4-5,8,10,17-18H,3,6-7,9,11-15H2,1-2H3. The summed E-state index contributed by atoms with van der Waals surface area (Å²) in [5, 5.41) is 0. The third kappa shape index (κ3) is 3.15. The molecule has 1 aromatic rings. The second kappa shape index (κ2) is 7.34. The molecule has 2 unspecified atom stereocenters. The van der Waals surface area contributed by atoms with Crippen LogP contribution < -0.4 is 0 Å². The zero-order valence-corrected chi connectivity index (χ0v) is 16.9. The minimum Gasteiger partial charge on any atom is -0.340 e. The van der Waals surface area contributed by atoms with Gasteiger partial charge in [-0.15, -0.1) is 0 Å². The fourth-order valence-corrected chi connectivity index (χ4v) is 5.13. The number of piperidine rings is 1. The lowest BCUT2D eigenvalue weighted by Crippen LogP contribution is -2.48. The van der Waals surface area contributed by atoms with Crippen molar-refractivity contribution in [2.24, 2.45) is 0 Å². The summed E-state index contributed by atoms with van der Waals surface area (Å²) < 4.78 is 0. The van der Waals surface area contributed by atoms with Gasteiger partial charge in [0.25, 0.3) is 0 Å². The number of benzene rings is 1. The molecule has 3 fully saturated rings. The average molecular weight is 383 g/mol. The fourth-order valence-electron chi connectivity index (χ4n) is 5.13. The van der Waals surface area contributed by atoms with E-state index < -0.39 is 5.41 Å². The predicted octanol–water partition coefficient (Wildman–Crippen LogP) is 3.34. The Bertz CT molecular complexity index is 801. The molecule has 0 spiro atoms. The maximum absolute atomic E-state index is 13.6. The van der Waals surface area contributed by atoms with Gasteiger partial charge in [0.2, 0.25) is 17.7 Å². The van der Waals surface area contributed by atoms with E-state index in [4.69, 9.17) is 0 Å². The molecular weight excluding hydrogens is 352 g/mol. The molecule has 1 saturated carbocycles. The van der Waals surface area contributed by atoms with Gasteiger partial charge in [-0.2, -0.15) is 0 Å². The van der Waals surface area contributed by atoms with E-state index in [0.717, 1.165) is 56.2 Å². The molecular formula is C23H30N2O3. The van der Waals surface area contributed by atoms with E-state index in [-0.39, 0.29) is 42.6 Å². The Morgan fingerprint density at radius 2 is 1.89 bits per heavy atom. The number of carbonyl (C=O) groups is 3. The zero-order valence-electron chi connectivity index (χ0n) is 16.9. The molecule has 3 aliphatic rings. The summed E-state index contributed by atoms with van der Waals surface area (Å²) in [5.41, 5.74) is 0.771. The fraction of sp³-hybridized carbons (Fsp3) is 0.609. The van der Waals surface area contributed by atoms with E-state index in [2.05, 4.69) is 6.92 Å². The number of likely N-dealkylation sites (tertiary alicyclic amines) is 2. The van der Waals surface area contributed by atoms with E-state index in [0.29, 0.717) is 0 Å². The summed E-state index contributed by atoms with van der Waals surface area (Å²) in [6.07, 6.45) is 6.12. The van der Waals surface area contributed by atoms with Crippen LogP contribution in [-0.2, 0) is 19.8 Å². The minimum absolute atomic E-state index is 0.0219. The molecule has 1 aromatic carbocycles. The Hall–Kier alpha value is -2.17. The van der Waals surface area contributed by atoms with Crippen molar-refractivity contribution in [3.8, 4) is 0 Å². The van der Waals surface area contributed by atoms with Crippen LogP contribution in [0.5, 0.6) is 0 Å². The highest BCUT2D eigenvalue weighted by molar-refractivity contribution is 6.11. The highest BCUT2D eigenvalue weighted by Gasteiger charge is 2.57. The monoisotopic (exact) mass is 382 g/mol. The van der Waals surface area contributed by atoms with Crippen LogP contribution in [0.2, 0.25) is 0 Å². The van der Waals surface area contributed by atoms with Crippen molar-refractivity contribution in [3.63, 3.8) is 0 Å². The van der Waals surface area contributed by atoms with Crippen LogP contribution in [0.4, 0.5) is 0 Å². The lowest BCUT2D eigenvalue weighted by atomic mass is 9.73. The molecule has 5 heteroatoms. The number of nitrogens with zero attached hydrogens (tertiary/aromatic N) is 2. The Morgan fingerprint density at radius 3 is 2.57 bits per heavy atom. The summed E-state index contributed by atoms with van der Waals surface area (Å²) >= 11 is 0. The summed E-state index contributed by atoms with van der Waals surface area (Å²) in [5.74, 6) is -0.254. The van der Waals surface area contributed by atoms with Crippen LogP contribution in [0.1, 0.15) is 69.4 Å². The van der Waals surface area contributed by atoms with Crippen LogP contribution in [0.25, 0.3) is 0 Å². The Morgan fingerprint density at radius 1 is 1.14 bits per heavy atom. The molecule has 2 heterocycles. The lowest BCUT2D eigenvalue weighted by Gasteiger charge is -2.38.